The summed E-state index contributed by atoms with van der Waals surface area (Å²) in [7, 11) is 0. The minimum Gasteiger partial charge on any atom is -0.481 e. The molecule has 0 N–H and O–H groups in total. The fourth-order valence-corrected chi connectivity index (χ4v) is 4.36. The molecule has 0 aliphatic carbocycles. The van der Waals surface area contributed by atoms with E-state index in [2.05, 4.69) is 18.1 Å². The summed E-state index contributed by atoms with van der Waals surface area (Å²) in [6.07, 6.45) is 6.65. The zero-order valence-corrected chi connectivity index (χ0v) is 15.9. The summed E-state index contributed by atoms with van der Waals surface area (Å²) < 4.78 is 6.04. The van der Waals surface area contributed by atoms with Crippen molar-refractivity contribution in [2.45, 2.75) is 18.1 Å². The first-order valence-corrected chi connectivity index (χ1v) is 9.67. The molecule has 1 aliphatic heterocycles. The Hall–Kier alpha value is -2.29. The minimum absolute atomic E-state index is 0.101. The zero-order chi connectivity index (χ0) is 18.4. The van der Waals surface area contributed by atoms with Crippen LogP contribution in [0.4, 0.5) is 0 Å². The molecule has 1 saturated heterocycles. The molecule has 1 atom stereocenters. The van der Waals surface area contributed by atoms with Gasteiger partial charge in [-0.3, -0.25) is 9.69 Å². The number of nitrogens with zero attached hydrogens (tertiary/aromatic N) is 1. The number of benzene rings is 2. The van der Waals surface area contributed by atoms with Gasteiger partial charge >= 0.3 is 0 Å². The van der Waals surface area contributed by atoms with Crippen molar-refractivity contribution in [3.63, 3.8) is 0 Å². The van der Waals surface area contributed by atoms with Gasteiger partial charge in [-0.15, -0.1) is 6.42 Å². The van der Waals surface area contributed by atoms with Gasteiger partial charge in [-0.05, 0) is 36.1 Å². The monoisotopic (exact) mass is 381 g/mol. The van der Waals surface area contributed by atoms with E-state index in [-0.39, 0.29) is 17.8 Å². The van der Waals surface area contributed by atoms with Crippen LogP contribution in [0.3, 0.4) is 0 Å². The summed E-state index contributed by atoms with van der Waals surface area (Å²) in [6.45, 7) is 0.880. The van der Waals surface area contributed by atoms with Gasteiger partial charge in [0.15, 0.2) is 0 Å². The number of carbonyl (C=O) groups is 1. The van der Waals surface area contributed by atoms with Gasteiger partial charge in [-0.2, -0.15) is 0 Å². The van der Waals surface area contributed by atoms with Crippen LogP contribution in [0.25, 0.3) is 0 Å². The predicted molar refractivity (Wildman–Crippen MR) is 110 cm³/mol. The number of amides is 1. The molecule has 2 aromatic carbocycles. The van der Waals surface area contributed by atoms with Gasteiger partial charge in [0.1, 0.15) is 16.7 Å². The smallest absolute Gasteiger partial charge is 0.241 e. The molecule has 1 aliphatic rings. The van der Waals surface area contributed by atoms with Crippen LogP contribution in [0.1, 0.15) is 11.1 Å². The van der Waals surface area contributed by atoms with Crippen LogP contribution in [-0.2, 0) is 17.6 Å². The molecule has 0 aromatic heterocycles. The van der Waals surface area contributed by atoms with Crippen molar-refractivity contribution in [1.29, 1.82) is 0 Å². The second-order valence-electron chi connectivity index (χ2n) is 5.94. The molecule has 1 heterocycles. The molecular weight excluding hydrogens is 362 g/mol. The molecule has 3 rings (SSSR count). The van der Waals surface area contributed by atoms with Crippen molar-refractivity contribution in [2.24, 2.45) is 0 Å². The third-order valence-corrected chi connectivity index (χ3v) is 5.72. The predicted octanol–water partition coefficient (Wildman–Crippen LogP) is 3.71. The quantitative estimate of drug-likeness (QED) is 0.540. The molecule has 0 unspecified atom stereocenters. The SMILES string of the molecule is C#CCOc1ccc(C[C@@H]2SC(=S)N(CCc3ccccc3)C2=O)cc1. The minimum atomic E-state index is -0.157. The third-order valence-electron chi connectivity index (χ3n) is 4.14. The van der Waals surface area contributed by atoms with E-state index in [1.807, 2.05) is 42.5 Å². The molecule has 132 valence electrons. The fourth-order valence-electron chi connectivity index (χ4n) is 2.78. The van der Waals surface area contributed by atoms with Crippen molar-refractivity contribution in [1.82, 2.24) is 4.90 Å². The number of ether oxygens (including phenoxy) is 1. The van der Waals surface area contributed by atoms with E-state index in [1.54, 1.807) is 4.90 Å². The molecule has 3 nitrogen and oxygen atoms in total. The van der Waals surface area contributed by atoms with E-state index in [0.29, 0.717) is 17.3 Å². The first-order chi connectivity index (χ1) is 12.7. The van der Waals surface area contributed by atoms with Crippen molar-refractivity contribution in [3.8, 4) is 18.1 Å². The maximum atomic E-state index is 12.7. The largest absolute Gasteiger partial charge is 0.481 e. The van der Waals surface area contributed by atoms with E-state index in [1.165, 1.54) is 17.3 Å². The second-order valence-corrected chi connectivity index (χ2v) is 7.78. The second kappa shape index (κ2) is 8.88. The van der Waals surface area contributed by atoms with Gasteiger partial charge in [0.2, 0.25) is 5.91 Å². The molecule has 26 heavy (non-hydrogen) atoms. The molecule has 0 saturated carbocycles. The average molecular weight is 382 g/mol. The number of carbonyl (C=O) groups excluding carboxylic acids is 1. The highest BCUT2D eigenvalue weighted by Gasteiger charge is 2.36. The van der Waals surface area contributed by atoms with E-state index in [0.717, 1.165) is 17.7 Å². The lowest BCUT2D eigenvalue weighted by atomic mass is 10.1. The van der Waals surface area contributed by atoms with E-state index in [9.17, 15) is 4.79 Å². The van der Waals surface area contributed by atoms with Crippen molar-refractivity contribution < 1.29 is 9.53 Å². The number of thioether (sulfide) groups is 1. The van der Waals surface area contributed by atoms with Gasteiger partial charge in [0.05, 0.1) is 5.25 Å². The van der Waals surface area contributed by atoms with Crippen LogP contribution in [0.2, 0.25) is 0 Å². The van der Waals surface area contributed by atoms with Gasteiger partial charge in [-0.25, -0.2) is 0 Å². The van der Waals surface area contributed by atoms with Crippen LogP contribution in [0.15, 0.2) is 54.6 Å². The topological polar surface area (TPSA) is 29.5 Å². The Bertz CT molecular complexity index is 812. The Kier molecular flexibility index (Phi) is 6.32. The number of terminal acetylenes is 1. The highest BCUT2D eigenvalue weighted by atomic mass is 32.2. The Balaban J connectivity index is 1.57. The van der Waals surface area contributed by atoms with Crippen LogP contribution in [-0.4, -0.2) is 33.5 Å². The number of thiocarbonyl (C=S) groups is 1. The third kappa shape index (κ3) is 4.66. The van der Waals surface area contributed by atoms with E-state index >= 15 is 0 Å². The van der Waals surface area contributed by atoms with Gasteiger partial charge in [0, 0.05) is 6.54 Å². The number of hydrogen-bond acceptors (Lipinski definition) is 4. The normalized spacial score (nSPS) is 16.6. The Labute approximate surface area is 163 Å². The number of hydrogen-bond donors (Lipinski definition) is 0. The first kappa shape index (κ1) is 18.5. The molecular formula is C21H19NO2S2. The summed E-state index contributed by atoms with van der Waals surface area (Å²) >= 11 is 6.90. The highest BCUT2D eigenvalue weighted by molar-refractivity contribution is 8.24. The Morgan fingerprint density at radius 3 is 2.54 bits per heavy atom. The van der Waals surface area contributed by atoms with Gasteiger partial charge in [-0.1, -0.05) is 72.4 Å². The number of rotatable bonds is 7. The summed E-state index contributed by atoms with van der Waals surface area (Å²) in [6, 6.07) is 17.8. The van der Waals surface area contributed by atoms with Crippen LogP contribution in [0.5, 0.6) is 5.75 Å². The fraction of sp³-hybridized carbons (Fsp3) is 0.238. The maximum Gasteiger partial charge on any atom is 0.241 e. The van der Waals surface area contributed by atoms with Crippen molar-refractivity contribution >= 4 is 34.2 Å². The standard InChI is InChI=1S/C21H19NO2S2/c1-2-14-24-18-10-8-17(9-11-18)15-19-20(23)22(21(25)26-19)13-12-16-6-4-3-5-7-16/h1,3-11,19H,12-15H2/t19-/m0/s1. The zero-order valence-electron chi connectivity index (χ0n) is 14.3. The molecule has 2 aromatic rings. The molecule has 1 fully saturated rings. The summed E-state index contributed by atoms with van der Waals surface area (Å²) in [5.74, 6) is 3.27. The molecule has 0 radical (unpaired) electrons. The lowest BCUT2D eigenvalue weighted by Gasteiger charge is -2.15. The summed E-state index contributed by atoms with van der Waals surface area (Å²) in [5.41, 5.74) is 2.29. The Morgan fingerprint density at radius 2 is 1.85 bits per heavy atom. The molecule has 0 spiro atoms. The van der Waals surface area contributed by atoms with Gasteiger partial charge < -0.3 is 4.74 Å². The first-order valence-electron chi connectivity index (χ1n) is 8.38. The van der Waals surface area contributed by atoms with Crippen LogP contribution < -0.4 is 4.74 Å². The highest BCUT2D eigenvalue weighted by Crippen LogP contribution is 2.30. The lowest BCUT2D eigenvalue weighted by molar-refractivity contribution is -0.126. The molecule has 0 bridgehead atoms. The Morgan fingerprint density at radius 1 is 1.12 bits per heavy atom. The van der Waals surface area contributed by atoms with Gasteiger partial charge in [0.25, 0.3) is 0 Å². The maximum absolute atomic E-state index is 12.7. The van der Waals surface area contributed by atoms with E-state index < -0.39 is 0 Å². The molecule has 1 amide bonds. The van der Waals surface area contributed by atoms with Crippen molar-refractivity contribution in [2.75, 3.05) is 13.2 Å². The van der Waals surface area contributed by atoms with E-state index in [4.69, 9.17) is 23.4 Å². The van der Waals surface area contributed by atoms with Crippen LogP contribution >= 0.6 is 24.0 Å². The average Bonchev–Trinajstić information content (AvgIpc) is 2.93. The van der Waals surface area contributed by atoms with Crippen LogP contribution in [0, 0.1) is 12.3 Å². The molecule has 5 heteroatoms. The summed E-state index contributed by atoms with van der Waals surface area (Å²) in [4.78, 5) is 14.5. The lowest BCUT2D eigenvalue weighted by Crippen LogP contribution is -2.33. The van der Waals surface area contributed by atoms with Crippen molar-refractivity contribution in [3.05, 3.63) is 65.7 Å². The summed E-state index contributed by atoms with van der Waals surface area (Å²) in [5, 5.41) is -0.157.